The van der Waals surface area contributed by atoms with Crippen LogP contribution in [0, 0.1) is 11.8 Å². The van der Waals surface area contributed by atoms with E-state index in [2.05, 4.69) is 48.9 Å². The van der Waals surface area contributed by atoms with Crippen molar-refractivity contribution in [2.24, 2.45) is 11.8 Å². The first kappa shape index (κ1) is 15.6. The first-order valence-corrected chi connectivity index (χ1v) is 8.48. The van der Waals surface area contributed by atoms with Gasteiger partial charge in [-0.1, -0.05) is 20.8 Å². The monoisotopic (exact) mass is 277 g/mol. The lowest BCUT2D eigenvalue weighted by atomic mass is 9.92. The Morgan fingerprint density at radius 2 is 2.10 bits per heavy atom. The fraction of sp³-hybridized carbons (Fsp3) is 0.824. The van der Waals surface area contributed by atoms with Gasteiger partial charge in [-0.25, -0.2) is 0 Å². The topological polar surface area (TPSA) is 29.9 Å². The summed E-state index contributed by atoms with van der Waals surface area (Å²) in [7, 11) is 0. The molecule has 0 aromatic carbocycles. The summed E-state index contributed by atoms with van der Waals surface area (Å²) in [5.74, 6) is 1.74. The first-order valence-electron chi connectivity index (χ1n) is 8.48. The summed E-state index contributed by atoms with van der Waals surface area (Å²) in [6.45, 7) is 11.2. The normalized spacial score (nSPS) is 18.2. The molecule has 0 aliphatic heterocycles. The number of nitrogens with one attached hydrogen (secondary N) is 1. The highest BCUT2D eigenvalue weighted by atomic mass is 15.3. The van der Waals surface area contributed by atoms with Crippen molar-refractivity contribution < 1.29 is 0 Å². The van der Waals surface area contributed by atoms with Gasteiger partial charge >= 0.3 is 0 Å². The molecule has 2 unspecified atom stereocenters. The van der Waals surface area contributed by atoms with Crippen molar-refractivity contribution in [2.45, 2.75) is 72.4 Å². The van der Waals surface area contributed by atoms with E-state index in [1.54, 1.807) is 0 Å². The van der Waals surface area contributed by atoms with E-state index in [9.17, 15) is 0 Å². The molecule has 1 aliphatic carbocycles. The van der Waals surface area contributed by atoms with E-state index < -0.39 is 0 Å². The van der Waals surface area contributed by atoms with Gasteiger partial charge in [-0.05, 0) is 57.1 Å². The third-order valence-corrected chi connectivity index (χ3v) is 4.66. The third kappa shape index (κ3) is 3.85. The minimum atomic E-state index is 0.606. The van der Waals surface area contributed by atoms with Gasteiger partial charge in [0.25, 0.3) is 0 Å². The number of aryl methyl sites for hydroxylation is 2. The van der Waals surface area contributed by atoms with Gasteiger partial charge in [0.15, 0.2) is 0 Å². The summed E-state index contributed by atoms with van der Waals surface area (Å²) in [5, 5.41) is 8.47. The fourth-order valence-corrected chi connectivity index (χ4v) is 3.08. The average Bonchev–Trinajstić information content (AvgIpc) is 3.23. The first-order chi connectivity index (χ1) is 9.69. The van der Waals surface area contributed by atoms with Gasteiger partial charge in [0.1, 0.15) is 0 Å². The standard InChI is InChI=1S/C17H31N3/c1-5-10-18-17(13(4)14-8-9-14)12-16-11-15(6-2)19-20(16)7-3/h11,13-14,17-18H,5-10,12H2,1-4H3. The molecule has 0 amide bonds. The van der Waals surface area contributed by atoms with Crippen LogP contribution in [0.25, 0.3) is 0 Å². The second-order valence-electron chi connectivity index (χ2n) is 6.26. The molecule has 0 spiro atoms. The SMILES string of the molecule is CCCNC(Cc1cc(CC)nn1CC)C(C)C1CC1. The minimum Gasteiger partial charge on any atom is -0.313 e. The highest BCUT2D eigenvalue weighted by molar-refractivity contribution is 5.12. The largest absolute Gasteiger partial charge is 0.313 e. The predicted octanol–water partition coefficient (Wildman–Crippen LogP) is 3.42. The smallest absolute Gasteiger partial charge is 0.0624 e. The highest BCUT2D eigenvalue weighted by Gasteiger charge is 2.33. The van der Waals surface area contributed by atoms with E-state index in [1.165, 1.54) is 30.7 Å². The molecule has 1 aliphatic rings. The number of nitrogens with zero attached hydrogens (tertiary/aromatic N) is 2. The molecule has 114 valence electrons. The molecule has 1 aromatic heterocycles. The van der Waals surface area contributed by atoms with Crippen molar-refractivity contribution >= 4 is 0 Å². The Labute approximate surface area is 124 Å². The van der Waals surface area contributed by atoms with Crippen LogP contribution in [-0.2, 0) is 19.4 Å². The Kier molecular flexibility index (Phi) is 5.64. The van der Waals surface area contributed by atoms with Gasteiger partial charge < -0.3 is 5.32 Å². The van der Waals surface area contributed by atoms with E-state index in [4.69, 9.17) is 0 Å². The maximum atomic E-state index is 4.69. The molecule has 2 rings (SSSR count). The van der Waals surface area contributed by atoms with Gasteiger partial charge in [-0.3, -0.25) is 4.68 Å². The molecular formula is C17H31N3. The summed E-state index contributed by atoms with van der Waals surface area (Å²) in [5.41, 5.74) is 2.64. The minimum absolute atomic E-state index is 0.606. The molecule has 0 bridgehead atoms. The Morgan fingerprint density at radius 1 is 1.35 bits per heavy atom. The zero-order valence-corrected chi connectivity index (χ0v) is 13.7. The summed E-state index contributed by atoms with van der Waals surface area (Å²) in [4.78, 5) is 0. The second kappa shape index (κ2) is 7.26. The van der Waals surface area contributed by atoms with Crippen LogP contribution in [0.2, 0.25) is 0 Å². The van der Waals surface area contributed by atoms with Gasteiger partial charge in [-0.15, -0.1) is 0 Å². The Bertz CT molecular complexity index is 406. The van der Waals surface area contributed by atoms with Crippen molar-refractivity contribution in [3.05, 3.63) is 17.5 Å². The van der Waals surface area contributed by atoms with Crippen LogP contribution in [0.5, 0.6) is 0 Å². The molecule has 3 nitrogen and oxygen atoms in total. The second-order valence-corrected chi connectivity index (χ2v) is 6.26. The molecule has 2 atom stereocenters. The van der Waals surface area contributed by atoms with Crippen LogP contribution in [0.4, 0.5) is 0 Å². The van der Waals surface area contributed by atoms with Crippen molar-refractivity contribution in [1.82, 2.24) is 15.1 Å². The fourth-order valence-electron chi connectivity index (χ4n) is 3.08. The van der Waals surface area contributed by atoms with E-state index in [0.29, 0.717) is 6.04 Å². The summed E-state index contributed by atoms with van der Waals surface area (Å²) in [6.07, 6.45) is 6.22. The molecular weight excluding hydrogens is 246 g/mol. The average molecular weight is 277 g/mol. The summed E-state index contributed by atoms with van der Waals surface area (Å²) >= 11 is 0. The summed E-state index contributed by atoms with van der Waals surface area (Å²) in [6, 6.07) is 2.91. The number of hydrogen-bond acceptors (Lipinski definition) is 2. The number of aromatic nitrogens is 2. The van der Waals surface area contributed by atoms with Crippen LogP contribution in [0.1, 0.15) is 58.3 Å². The van der Waals surface area contributed by atoms with Gasteiger partial charge in [0.05, 0.1) is 5.69 Å². The molecule has 20 heavy (non-hydrogen) atoms. The number of rotatable bonds is 9. The Morgan fingerprint density at radius 3 is 2.65 bits per heavy atom. The third-order valence-electron chi connectivity index (χ3n) is 4.66. The van der Waals surface area contributed by atoms with Crippen molar-refractivity contribution in [1.29, 1.82) is 0 Å². The van der Waals surface area contributed by atoms with Crippen LogP contribution in [0.15, 0.2) is 6.07 Å². The predicted molar refractivity (Wildman–Crippen MR) is 85.0 cm³/mol. The Balaban J connectivity index is 2.07. The molecule has 1 fully saturated rings. The highest BCUT2D eigenvalue weighted by Crippen LogP contribution is 2.38. The summed E-state index contributed by atoms with van der Waals surface area (Å²) < 4.78 is 2.19. The van der Waals surface area contributed by atoms with Crippen molar-refractivity contribution in [3.63, 3.8) is 0 Å². The van der Waals surface area contributed by atoms with Crippen LogP contribution < -0.4 is 5.32 Å². The van der Waals surface area contributed by atoms with Crippen molar-refractivity contribution in [3.8, 4) is 0 Å². The van der Waals surface area contributed by atoms with Gasteiger partial charge in [0, 0.05) is 24.7 Å². The van der Waals surface area contributed by atoms with Crippen LogP contribution in [-0.4, -0.2) is 22.4 Å². The molecule has 1 saturated carbocycles. The van der Waals surface area contributed by atoms with Gasteiger partial charge in [0.2, 0.25) is 0 Å². The molecule has 0 radical (unpaired) electrons. The number of hydrogen-bond donors (Lipinski definition) is 1. The lowest BCUT2D eigenvalue weighted by Crippen LogP contribution is -2.38. The maximum absolute atomic E-state index is 4.69. The van der Waals surface area contributed by atoms with E-state index in [0.717, 1.165) is 37.8 Å². The lowest BCUT2D eigenvalue weighted by molar-refractivity contribution is 0.333. The molecule has 1 N–H and O–H groups in total. The van der Waals surface area contributed by atoms with E-state index in [-0.39, 0.29) is 0 Å². The van der Waals surface area contributed by atoms with Crippen LogP contribution >= 0.6 is 0 Å². The van der Waals surface area contributed by atoms with Crippen molar-refractivity contribution in [2.75, 3.05) is 6.54 Å². The van der Waals surface area contributed by atoms with Gasteiger partial charge in [-0.2, -0.15) is 5.10 Å². The zero-order valence-electron chi connectivity index (χ0n) is 13.7. The molecule has 3 heteroatoms. The van der Waals surface area contributed by atoms with E-state index in [1.807, 2.05) is 0 Å². The molecule has 1 aromatic rings. The van der Waals surface area contributed by atoms with E-state index >= 15 is 0 Å². The Hall–Kier alpha value is -0.830. The zero-order chi connectivity index (χ0) is 14.5. The molecule has 0 saturated heterocycles. The maximum Gasteiger partial charge on any atom is 0.0624 e. The quantitative estimate of drug-likeness (QED) is 0.749. The molecule has 1 heterocycles. The van der Waals surface area contributed by atoms with Crippen LogP contribution in [0.3, 0.4) is 0 Å². The lowest BCUT2D eigenvalue weighted by Gasteiger charge is -2.25.